The highest BCUT2D eigenvalue weighted by Gasteiger charge is 2.32. The molecule has 0 bridgehead atoms. The van der Waals surface area contributed by atoms with Crippen molar-refractivity contribution in [3.63, 3.8) is 0 Å². The van der Waals surface area contributed by atoms with Crippen molar-refractivity contribution < 1.29 is 9.53 Å². The molecule has 2 aromatic heterocycles. The molecular formula is C17H21N5O2. The third-order valence-electron chi connectivity index (χ3n) is 4.61. The molecule has 126 valence electrons. The van der Waals surface area contributed by atoms with Gasteiger partial charge in [-0.05, 0) is 42.9 Å². The zero-order valence-corrected chi connectivity index (χ0v) is 13.4. The van der Waals surface area contributed by atoms with Crippen molar-refractivity contribution >= 4 is 11.7 Å². The third kappa shape index (κ3) is 3.26. The Hall–Kier alpha value is -2.41. The highest BCUT2D eigenvalue weighted by molar-refractivity contribution is 5.94. The van der Waals surface area contributed by atoms with Gasteiger partial charge in [0.15, 0.2) is 0 Å². The smallest absolute Gasteiger partial charge is 0.268 e. The molecule has 2 aliphatic rings. The van der Waals surface area contributed by atoms with E-state index in [9.17, 15) is 4.79 Å². The van der Waals surface area contributed by atoms with E-state index in [0.29, 0.717) is 24.8 Å². The molecule has 1 saturated carbocycles. The van der Waals surface area contributed by atoms with Gasteiger partial charge in [-0.25, -0.2) is 9.97 Å². The normalized spacial score (nSPS) is 23.7. The molecular weight excluding hydrogens is 306 g/mol. The maximum atomic E-state index is 12.7. The first-order valence-electron chi connectivity index (χ1n) is 8.39. The van der Waals surface area contributed by atoms with E-state index in [4.69, 9.17) is 4.74 Å². The summed E-state index contributed by atoms with van der Waals surface area (Å²) in [5.74, 6) is 1.24. The van der Waals surface area contributed by atoms with Crippen molar-refractivity contribution in [2.24, 2.45) is 0 Å². The Morgan fingerprint density at radius 3 is 2.96 bits per heavy atom. The van der Waals surface area contributed by atoms with Crippen LogP contribution >= 0.6 is 0 Å². The summed E-state index contributed by atoms with van der Waals surface area (Å²) in [5, 5.41) is 6.49. The molecule has 24 heavy (non-hydrogen) atoms. The Labute approximate surface area is 140 Å². The van der Waals surface area contributed by atoms with E-state index >= 15 is 0 Å². The Morgan fingerprint density at radius 2 is 2.17 bits per heavy atom. The van der Waals surface area contributed by atoms with Crippen LogP contribution in [0.5, 0.6) is 0 Å². The number of H-pyrrole nitrogens is 1. The van der Waals surface area contributed by atoms with Crippen LogP contribution < -0.4 is 10.6 Å². The first-order valence-corrected chi connectivity index (χ1v) is 8.39. The average molecular weight is 327 g/mol. The van der Waals surface area contributed by atoms with Crippen molar-refractivity contribution in [3.05, 3.63) is 42.1 Å². The fourth-order valence-corrected chi connectivity index (χ4v) is 3.17. The summed E-state index contributed by atoms with van der Waals surface area (Å²) in [6, 6.07) is 3.81. The monoisotopic (exact) mass is 327 g/mol. The third-order valence-corrected chi connectivity index (χ3v) is 4.61. The molecule has 2 fully saturated rings. The van der Waals surface area contributed by atoms with Crippen molar-refractivity contribution in [1.82, 2.24) is 20.3 Å². The van der Waals surface area contributed by atoms with Gasteiger partial charge in [-0.15, -0.1) is 0 Å². The van der Waals surface area contributed by atoms with Crippen LogP contribution in [-0.4, -0.2) is 46.2 Å². The van der Waals surface area contributed by atoms with Crippen LogP contribution in [0.1, 0.15) is 41.2 Å². The topological polar surface area (TPSA) is 91.9 Å². The summed E-state index contributed by atoms with van der Waals surface area (Å²) in [4.78, 5) is 23.9. The summed E-state index contributed by atoms with van der Waals surface area (Å²) in [7, 11) is 0. The van der Waals surface area contributed by atoms with Crippen LogP contribution in [0.25, 0.3) is 0 Å². The summed E-state index contributed by atoms with van der Waals surface area (Å²) in [6.07, 6.45) is 8.16. The average Bonchev–Trinajstić information content (AvgIpc) is 3.34. The number of hydrogen-bond acceptors (Lipinski definition) is 5. The number of aromatic nitrogens is 3. The van der Waals surface area contributed by atoms with Crippen LogP contribution in [0.15, 0.2) is 30.9 Å². The van der Waals surface area contributed by atoms with E-state index in [1.807, 2.05) is 18.3 Å². The van der Waals surface area contributed by atoms with Gasteiger partial charge >= 0.3 is 0 Å². The highest BCUT2D eigenvalue weighted by atomic mass is 16.5. The summed E-state index contributed by atoms with van der Waals surface area (Å²) < 4.78 is 5.56. The maximum Gasteiger partial charge on any atom is 0.268 e. The molecule has 1 amide bonds. The van der Waals surface area contributed by atoms with Crippen LogP contribution in [0.2, 0.25) is 0 Å². The van der Waals surface area contributed by atoms with Crippen LogP contribution in [0.4, 0.5) is 5.82 Å². The zero-order chi connectivity index (χ0) is 16.4. The summed E-state index contributed by atoms with van der Waals surface area (Å²) >= 11 is 0. The van der Waals surface area contributed by atoms with Gasteiger partial charge in [-0.3, -0.25) is 4.79 Å². The molecule has 1 saturated heterocycles. The second-order valence-corrected chi connectivity index (χ2v) is 6.37. The second kappa shape index (κ2) is 6.60. The molecule has 4 rings (SSSR count). The number of nitrogens with zero attached hydrogens (tertiary/aromatic N) is 2. The molecule has 0 unspecified atom stereocenters. The highest BCUT2D eigenvalue weighted by Crippen LogP contribution is 2.41. The lowest BCUT2D eigenvalue weighted by molar-refractivity contribution is 0.0618. The van der Waals surface area contributed by atoms with Gasteiger partial charge in [0, 0.05) is 19.0 Å². The van der Waals surface area contributed by atoms with Gasteiger partial charge in [0.2, 0.25) is 0 Å². The molecule has 1 aliphatic heterocycles. The number of aromatic amines is 1. The van der Waals surface area contributed by atoms with E-state index in [1.54, 1.807) is 6.20 Å². The van der Waals surface area contributed by atoms with Crippen LogP contribution in [0.3, 0.4) is 0 Å². The van der Waals surface area contributed by atoms with Gasteiger partial charge < -0.3 is 20.4 Å². The lowest BCUT2D eigenvalue weighted by Crippen LogP contribution is -2.52. The Balaban J connectivity index is 1.44. The van der Waals surface area contributed by atoms with Gasteiger partial charge in [0.05, 0.1) is 18.7 Å². The number of hydrogen-bond donors (Lipinski definition) is 3. The number of nitrogens with one attached hydrogen (secondary N) is 3. The molecule has 3 N–H and O–H groups in total. The minimum atomic E-state index is -0.0386. The number of carbonyl (C=O) groups is 1. The fourth-order valence-electron chi connectivity index (χ4n) is 3.17. The van der Waals surface area contributed by atoms with Crippen molar-refractivity contribution in [1.29, 1.82) is 0 Å². The SMILES string of the molecule is O=C(N[C@H]1CCOC[C@H]1Nc1ccncn1)c1[nH]ccc1C1CC1. The van der Waals surface area contributed by atoms with Gasteiger partial charge in [-0.1, -0.05) is 0 Å². The predicted molar refractivity (Wildman–Crippen MR) is 88.9 cm³/mol. The maximum absolute atomic E-state index is 12.7. The molecule has 3 heterocycles. The minimum Gasteiger partial charge on any atom is -0.379 e. The lowest BCUT2D eigenvalue weighted by atomic mass is 10.0. The van der Waals surface area contributed by atoms with Gasteiger partial charge in [0.25, 0.3) is 5.91 Å². The van der Waals surface area contributed by atoms with E-state index in [1.165, 1.54) is 19.2 Å². The van der Waals surface area contributed by atoms with Gasteiger partial charge in [-0.2, -0.15) is 0 Å². The Bertz CT molecular complexity index is 698. The quantitative estimate of drug-likeness (QED) is 0.777. The fraction of sp³-hybridized carbons (Fsp3) is 0.471. The van der Waals surface area contributed by atoms with Gasteiger partial charge in [0.1, 0.15) is 17.8 Å². The predicted octanol–water partition coefficient (Wildman–Crippen LogP) is 1.68. The number of amides is 1. The lowest BCUT2D eigenvalue weighted by Gasteiger charge is -2.33. The van der Waals surface area contributed by atoms with E-state index in [0.717, 1.165) is 17.8 Å². The molecule has 2 atom stereocenters. The van der Waals surface area contributed by atoms with Crippen molar-refractivity contribution in [3.8, 4) is 0 Å². The second-order valence-electron chi connectivity index (χ2n) is 6.37. The van der Waals surface area contributed by atoms with E-state index in [2.05, 4.69) is 25.6 Å². The molecule has 0 radical (unpaired) electrons. The standard InChI is InChI=1S/C17H21N5O2/c23-17(16-12(3-7-19-16)11-1-2-11)22-13-5-8-24-9-14(13)21-15-4-6-18-10-20-15/h3-4,6-7,10-11,13-14,19H,1-2,5,8-9H2,(H,22,23)(H,18,20,21)/t13-,14+/m0/s1. The van der Waals surface area contributed by atoms with Crippen LogP contribution in [0, 0.1) is 0 Å². The van der Waals surface area contributed by atoms with Crippen LogP contribution in [-0.2, 0) is 4.74 Å². The van der Waals surface area contributed by atoms with E-state index < -0.39 is 0 Å². The van der Waals surface area contributed by atoms with Crippen molar-refractivity contribution in [2.45, 2.75) is 37.3 Å². The molecule has 1 aliphatic carbocycles. The number of anilines is 1. The molecule has 7 heteroatoms. The minimum absolute atomic E-state index is 0.00318. The number of rotatable bonds is 5. The summed E-state index contributed by atoms with van der Waals surface area (Å²) in [6.45, 7) is 1.18. The largest absolute Gasteiger partial charge is 0.379 e. The Kier molecular flexibility index (Phi) is 4.17. The number of carbonyl (C=O) groups excluding carboxylic acids is 1. The van der Waals surface area contributed by atoms with Crippen molar-refractivity contribution in [2.75, 3.05) is 18.5 Å². The first-order chi connectivity index (χ1) is 11.8. The summed E-state index contributed by atoms with van der Waals surface area (Å²) in [5.41, 5.74) is 1.84. The molecule has 7 nitrogen and oxygen atoms in total. The van der Waals surface area contributed by atoms with E-state index in [-0.39, 0.29) is 18.0 Å². The molecule has 0 spiro atoms. The Morgan fingerprint density at radius 1 is 1.25 bits per heavy atom. The zero-order valence-electron chi connectivity index (χ0n) is 13.4. The molecule has 2 aromatic rings. The number of ether oxygens (including phenoxy) is 1. The first kappa shape index (κ1) is 15.1. The molecule has 0 aromatic carbocycles.